The Balaban J connectivity index is 2.27. The van der Waals surface area contributed by atoms with Crippen molar-refractivity contribution in [3.63, 3.8) is 0 Å². The average Bonchev–Trinajstić information content (AvgIpc) is 2.75. The molecule has 21 heavy (non-hydrogen) atoms. The van der Waals surface area contributed by atoms with E-state index in [0.717, 1.165) is 5.39 Å². The maximum atomic E-state index is 12.2. The number of rotatable bonds is 4. The van der Waals surface area contributed by atoms with Crippen LogP contribution in [0.1, 0.15) is 30.0 Å². The van der Waals surface area contributed by atoms with Gasteiger partial charge in [0.1, 0.15) is 0 Å². The predicted molar refractivity (Wildman–Crippen MR) is 79.7 cm³/mol. The zero-order chi connectivity index (χ0) is 15.8. The first-order valence-corrected chi connectivity index (χ1v) is 6.81. The summed E-state index contributed by atoms with van der Waals surface area (Å²) in [6.07, 6.45) is 0. The maximum absolute atomic E-state index is 12.2. The van der Waals surface area contributed by atoms with Gasteiger partial charge >= 0.3 is 5.97 Å². The lowest BCUT2D eigenvalue weighted by molar-refractivity contribution is -0.146. The number of para-hydroxylation sites is 1. The number of hydrogen-bond acceptors (Lipinski definition) is 3. The Morgan fingerprint density at radius 1 is 1.38 bits per heavy atom. The van der Waals surface area contributed by atoms with Crippen LogP contribution in [-0.4, -0.2) is 23.5 Å². The van der Waals surface area contributed by atoms with E-state index in [1.54, 1.807) is 19.1 Å². The quantitative estimate of drug-likeness (QED) is 0.908. The molecule has 0 saturated carbocycles. The Morgan fingerprint density at radius 2 is 2.05 bits per heavy atom. The zero-order valence-electron chi connectivity index (χ0n) is 12.0. The molecule has 1 aromatic carbocycles. The SMILES string of the molecule is Cc1c(C(=O)NCC(C)(C)C(=O)O)oc2c(Cl)cccc12. The number of nitrogens with one attached hydrogen (secondary N) is 1. The van der Waals surface area contributed by atoms with Crippen LogP contribution in [0.15, 0.2) is 22.6 Å². The first-order chi connectivity index (χ1) is 9.74. The van der Waals surface area contributed by atoms with E-state index >= 15 is 0 Å². The Bertz CT molecular complexity index is 718. The number of carbonyl (C=O) groups excluding carboxylic acids is 1. The highest BCUT2D eigenvalue weighted by molar-refractivity contribution is 6.35. The number of fused-ring (bicyclic) bond motifs is 1. The molecular formula is C15H16ClNO4. The third-order valence-electron chi connectivity index (χ3n) is 3.39. The summed E-state index contributed by atoms with van der Waals surface area (Å²) < 4.78 is 5.53. The van der Waals surface area contributed by atoms with E-state index in [9.17, 15) is 9.59 Å². The molecule has 1 amide bonds. The molecule has 0 aliphatic heterocycles. The summed E-state index contributed by atoms with van der Waals surface area (Å²) in [6, 6.07) is 5.28. The standard InChI is InChI=1S/C15H16ClNO4/c1-8-9-5-4-6-10(16)12(9)21-11(8)13(18)17-7-15(2,3)14(19)20/h4-6H,7H2,1-3H3,(H,17,18)(H,19,20). The van der Waals surface area contributed by atoms with Gasteiger partial charge in [0, 0.05) is 17.5 Å². The Morgan fingerprint density at radius 3 is 2.62 bits per heavy atom. The van der Waals surface area contributed by atoms with Crippen LogP contribution >= 0.6 is 11.6 Å². The van der Waals surface area contributed by atoms with Crippen molar-refractivity contribution in [1.82, 2.24) is 5.32 Å². The zero-order valence-corrected chi connectivity index (χ0v) is 12.7. The molecule has 0 spiro atoms. The minimum Gasteiger partial charge on any atom is -0.481 e. The van der Waals surface area contributed by atoms with Gasteiger partial charge < -0.3 is 14.8 Å². The lowest BCUT2D eigenvalue weighted by Gasteiger charge is -2.19. The summed E-state index contributed by atoms with van der Waals surface area (Å²) in [6.45, 7) is 4.85. The van der Waals surface area contributed by atoms with Gasteiger partial charge in [-0.2, -0.15) is 0 Å². The summed E-state index contributed by atoms with van der Waals surface area (Å²) in [5, 5.41) is 12.8. The number of carboxylic acid groups (broad SMARTS) is 1. The van der Waals surface area contributed by atoms with Gasteiger partial charge in [-0.15, -0.1) is 0 Å². The summed E-state index contributed by atoms with van der Waals surface area (Å²) in [5.74, 6) is -1.28. The molecule has 2 aromatic rings. The average molecular weight is 310 g/mol. The van der Waals surface area contributed by atoms with Crippen LogP contribution in [0.5, 0.6) is 0 Å². The van der Waals surface area contributed by atoms with Gasteiger partial charge in [0.2, 0.25) is 0 Å². The molecule has 0 aliphatic carbocycles. The molecule has 0 unspecified atom stereocenters. The van der Waals surface area contributed by atoms with Crippen molar-refractivity contribution in [2.45, 2.75) is 20.8 Å². The van der Waals surface area contributed by atoms with Gasteiger partial charge in [0.05, 0.1) is 10.4 Å². The lowest BCUT2D eigenvalue weighted by atomic mass is 9.94. The Kier molecular flexibility index (Phi) is 3.96. The fourth-order valence-electron chi connectivity index (χ4n) is 1.88. The fourth-order valence-corrected chi connectivity index (χ4v) is 2.10. The molecule has 5 nitrogen and oxygen atoms in total. The third-order valence-corrected chi connectivity index (χ3v) is 3.69. The highest BCUT2D eigenvalue weighted by atomic mass is 35.5. The monoisotopic (exact) mass is 309 g/mol. The molecule has 2 rings (SSSR count). The molecule has 0 radical (unpaired) electrons. The topological polar surface area (TPSA) is 79.5 Å². The molecule has 1 heterocycles. The molecular weight excluding hydrogens is 294 g/mol. The van der Waals surface area contributed by atoms with E-state index in [1.807, 2.05) is 6.07 Å². The summed E-state index contributed by atoms with van der Waals surface area (Å²) >= 11 is 6.04. The molecule has 2 N–H and O–H groups in total. The summed E-state index contributed by atoms with van der Waals surface area (Å²) in [5.41, 5.74) is 0.0881. The minimum absolute atomic E-state index is 0.00534. The summed E-state index contributed by atoms with van der Waals surface area (Å²) in [7, 11) is 0. The van der Waals surface area contributed by atoms with Gasteiger partial charge in [0.25, 0.3) is 5.91 Å². The van der Waals surface area contributed by atoms with Gasteiger partial charge in [-0.25, -0.2) is 0 Å². The highest BCUT2D eigenvalue weighted by Gasteiger charge is 2.29. The number of benzene rings is 1. The van der Waals surface area contributed by atoms with Crippen LogP contribution in [0.4, 0.5) is 0 Å². The van der Waals surface area contributed by atoms with E-state index in [4.69, 9.17) is 21.1 Å². The third kappa shape index (κ3) is 2.88. The van der Waals surface area contributed by atoms with Crippen molar-refractivity contribution < 1.29 is 19.1 Å². The van der Waals surface area contributed by atoms with Crippen LogP contribution in [0.25, 0.3) is 11.0 Å². The van der Waals surface area contributed by atoms with Crippen molar-refractivity contribution in [3.05, 3.63) is 34.5 Å². The highest BCUT2D eigenvalue weighted by Crippen LogP contribution is 2.30. The van der Waals surface area contributed by atoms with E-state index in [0.29, 0.717) is 16.2 Å². The first kappa shape index (κ1) is 15.4. The predicted octanol–water partition coefficient (Wildman–Crippen LogP) is 3.24. The van der Waals surface area contributed by atoms with Crippen LogP contribution in [0, 0.1) is 12.3 Å². The van der Waals surface area contributed by atoms with Crippen LogP contribution in [-0.2, 0) is 4.79 Å². The molecule has 0 bridgehead atoms. The smallest absolute Gasteiger partial charge is 0.310 e. The van der Waals surface area contributed by atoms with E-state index in [-0.39, 0.29) is 12.3 Å². The van der Waals surface area contributed by atoms with Crippen LogP contribution in [0.3, 0.4) is 0 Å². The molecule has 1 aromatic heterocycles. The minimum atomic E-state index is -1.05. The van der Waals surface area contributed by atoms with Crippen molar-refractivity contribution in [1.29, 1.82) is 0 Å². The number of carboxylic acids is 1. The van der Waals surface area contributed by atoms with Gasteiger partial charge in [-0.1, -0.05) is 23.7 Å². The Labute approximate surface area is 126 Å². The van der Waals surface area contributed by atoms with Gasteiger partial charge in [-0.05, 0) is 26.8 Å². The second kappa shape index (κ2) is 5.41. The van der Waals surface area contributed by atoms with Crippen molar-refractivity contribution in [2.24, 2.45) is 5.41 Å². The number of halogens is 1. The van der Waals surface area contributed by atoms with Gasteiger partial charge in [-0.3, -0.25) is 9.59 Å². The largest absolute Gasteiger partial charge is 0.481 e. The number of amides is 1. The number of hydrogen-bond donors (Lipinski definition) is 2. The van der Waals surface area contributed by atoms with E-state index < -0.39 is 17.3 Å². The lowest BCUT2D eigenvalue weighted by Crippen LogP contribution is -2.38. The fraction of sp³-hybridized carbons (Fsp3) is 0.333. The number of furan rings is 1. The number of aryl methyl sites for hydroxylation is 1. The molecule has 0 fully saturated rings. The number of carbonyl (C=O) groups is 2. The molecule has 0 aliphatic rings. The molecule has 0 atom stereocenters. The Hall–Kier alpha value is -2.01. The van der Waals surface area contributed by atoms with Crippen LogP contribution in [0.2, 0.25) is 5.02 Å². The van der Waals surface area contributed by atoms with E-state index in [2.05, 4.69) is 5.32 Å². The second-order valence-corrected chi connectivity index (χ2v) is 5.95. The molecule has 0 saturated heterocycles. The molecule has 112 valence electrons. The van der Waals surface area contributed by atoms with Crippen molar-refractivity contribution in [2.75, 3.05) is 6.54 Å². The first-order valence-electron chi connectivity index (χ1n) is 6.43. The van der Waals surface area contributed by atoms with Gasteiger partial charge in [0.15, 0.2) is 11.3 Å². The second-order valence-electron chi connectivity index (χ2n) is 5.54. The van der Waals surface area contributed by atoms with Crippen molar-refractivity contribution in [3.8, 4) is 0 Å². The summed E-state index contributed by atoms with van der Waals surface area (Å²) in [4.78, 5) is 23.2. The van der Waals surface area contributed by atoms with Crippen LogP contribution < -0.4 is 5.32 Å². The van der Waals surface area contributed by atoms with Crippen molar-refractivity contribution >= 4 is 34.4 Å². The molecule has 6 heteroatoms. The maximum Gasteiger partial charge on any atom is 0.310 e. The number of aliphatic carboxylic acids is 1. The van der Waals surface area contributed by atoms with E-state index in [1.165, 1.54) is 13.8 Å². The normalized spacial score (nSPS) is 11.6.